The molecule has 2 amide bonds. The van der Waals surface area contributed by atoms with Crippen LogP contribution in [0.3, 0.4) is 0 Å². The number of benzene rings is 1. The van der Waals surface area contributed by atoms with Crippen molar-refractivity contribution in [3.8, 4) is 0 Å². The lowest BCUT2D eigenvalue weighted by Crippen LogP contribution is -2.40. The van der Waals surface area contributed by atoms with Crippen LogP contribution in [0.5, 0.6) is 0 Å². The van der Waals surface area contributed by atoms with Gasteiger partial charge in [0.1, 0.15) is 0 Å². The van der Waals surface area contributed by atoms with Crippen LogP contribution in [0.2, 0.25) is 0 Å². The van der Waals surface area contributed by atoms with Crippen molar-refractivity contribution in [3.63, 3.8) is 0 Å². The van der Waals surface area contributed by atoms with Crippen molar-refractivity contribution in [3.05, 3.63) is 65.6 Å². The molecule has 1 aliphatic rings. The van der Waals surface area contributed by atoms with Crippen LogP contribution in [-0.4, -0.2) is 43.5 Å². The fourth-order valence-electron chi connectivity index (χ4n) is 4.85. The van der Waals surface area contributed by atoms with Gasteiger partial charge in [-0.1, -0.05) is 32.4 Å². The molecule has 1 aliphatic carbocycles. The molecule has 0 radical (unpaired) electrons. The van der Waals surface area contributed by atoms with Gasteiger partial charge in [0.2, 0.25) is 5.91 Å². The van der Waals surface area contributed by atoms with Crippen LogP contribution in [0.15, 0.2) is 48.8 Å². The van der Waals surface area contributed by atoms with Crippen molar-refractivity contribution in [2.45, 2.75) is 83.7 Å². The third-order valence-electron chi connectivity index (χ3n) is 7.07. The maximum Gasteiger partial charge on any atom is 0.264 e. The molecule has 0 aliphatic heterocycles. The third-order valence-corrected chi connectivity index (χ3v) is 7.99. The lowest BCUT2D eigenvalue weighted by Gasteiger charge is -2.31. The summed E-state index contributed by atoms with van der Waals surface area (Å²) in [5.41, 5.74) is 5.02. The fourth-order valence-corrected chi connectivity index (χ4v) is 5.47. The Morgan fingerprint density at radius 2 is 1.82 bits per heavy atom. The number of carbonyl (C=O) groups excluding carboxylic acids is 2. The first-order chi connectivity index (χ1) is 18.1. The van der Waals surface area contributed by atoms with Crippen molar-refractivity contribution in [2.24, 2.45) is 0 Å². The first kappa shape index (κ1) is 28.3. The number of aromatic nitrogens is 2. The van der Waals surface area contributed by atoms with Gasteiger partial charge in [0.05, 0.1) is 33.9 Å². The summed E-state index contributed by atoms with van der Waals surface area (Å²) in [6, 6.07) is 12.7. The van der Waals surface area contributed by atoms with E-state index in [9.17, 15) is 9.59 Å². The highest BCUT2D eigenvalue weighted by Gasteiger charge is 2.24. The molecule has 202 valence electrons. The lowest BCUT2D eigenvalue weighted by molar-refractivity contribution is -0.122. The highest BCUT2D eigenvalue weighted by Crippen LogP contribution is 2.32. The number of aryl methyl sites for hydroxylation is 1. The van der Waals surface area contributed by atoms with Crippen molar-refractivity contribution in [1.82, 2.24) is 18.4 Å². The van der Waals surface area contributed by atoms with Gasteiger partial charge in [-0.05, 0) is 69.4 Å². The van der Waals surface area contributed by atoms with Gasteiger partial charge >= 0.3 is 0 Å². The molecule has 3 aromatic rings. The van der Waals surface area contributed by atoms with Crippen molar-refractivity contribution in [2.75, 3.05) is 11.9 Å². The summed E-state index contributed by atoms with van der Waals surface area (Å²) in [4.78, 5) is 33.9. The van der Waals surface area contributed by atoms with Gasteiger partial charge in [-0.15, -0.1) is 0 Å². The molecule has 1 fully saturated rings. The van der Waals surface area contributed by atoms with Crippen LogP contribution in [0.1, 0.15) is 80.9 Å². The summed E-state index contributed by atoms with van der Waals surface area (Å²) in [5.74, 6) is -0.0258. The summed E-state index contributed by atoms with van der Waals surface area (Å²) in [5, 5.41) is 8.19. The highest BCUT2D eigenvalue weighted by atomic mass is 127. The number of anilines is 1. The van der Waals surface area contributed by atoms with Crippen LogP contribution < -0.4 is 10.6 Å². The third kappa shape index (κ3) is 7.42. The summed E-state index contributed by atoms with van der Waals surface area (Å²) in [6.45, 7) is 9.23. The zero-order valence-electron chi connectivity index (χ0n) is 22.8. The number of rotatable bonds is 8. The number of pyridine rings is 2. The Bertz CT molecular complexity index is 1270. The molecule has 2 aromatic heterocycles. The van der Waals surface area contributed by atoms with Gasteiger partial charge in [0.15, 0.2) is 0 Å². The minimum absolute atomic E-state index is 0.0299. The quantitative estimate of drug-likeness (QED) is 0.225. The molecule has 0 spiro atoms. The molecule has 2 heterocycles. The first-order valence-electron chi connectivity index (χ1n) is 13.5. The number of carbonyl (C=O) groups is 2. The number of hydrogen-bond acceptors (Lipinski definition) is 5. The van der Waals surface area contributed by atoms with Crippen molar-refractivity contribution < 1.29 is 9.59 Å². The minimum atomic E-state index is -0.0864. The van der Waals surface area contributed by atoms with Gasteiger partial charge in [-0.2, -0.15) is 0 Å². The highest BCUT2D eigenvalue weighted by molar-refractivity contribution is 14.1. The van der Waals surface area contributed by atoms with Gasteiger partial charge in [-0.3, -0.25) is 22.7 Å². The lowest BCUT2D eigenvalue weighted by atomic mass is 9.89. The Hall–Kier alpha value is -2.75. The number of nitrogens with one attached hydrogen (secondary N) is 2. The fraction of sp³-hybridized carbons (Fsp3) is 0.467. The van der Waals surface area contributed by atoms with Crippen LogP contribution in [0.25, 0.3) is 10.9 Å². The molecular weight excluding hydrogens is 589 g/mol. The summed E-state index contributed by atoms with van der Waals surface area (Å²) < 4.78 is 1.62. The largest absolute Gasteiger partial charge is 0.382 e. The van der Waals surface area contributed by atoms with E-state index in [1.807, 2.05) is 22.9 Å². The van der Waals surface area contributed by atoms with E-state index < -0.39 is 0 Å². The second-order valence-electron chi connectivity index (χ2n) is 11.3. The summed E-state index contributed by atoms with van der Waals surface area (Å²) in [7, 11) is 0. The number of nitrogens with zero attached hydrogens (tertiary/aromatic N) is 3. The van der Waals surface area contributed by atoms with E-state index >= 15 is 0 Å². The van der Waals surface area contributed by atoms with E-state index in [1.165, 1.54) is 10.9 Å². The molecule has 4 rings (SSSR count). The Morgan fingerprint density at radius 1 is 1.08 bits per heavy atom. The maximum atomic E-state index is 12.6. The molecule has 0 saturated heterocycles. The second kappa shape index (κ2) is 12.4. The Labute approximate surface area is 239 Å². The monoisotopic (exact) mass is 627 g/mol. The van der Waals surface area contributed by atoms with Crippen LogP contribution >= 0.6 is 22.9 Å². The molecule has 0 atom stereocenters. The van der Waals surface area contributed by atoms with Crippen LogP contribution in [-0.2, 0) is 10.2 Å². The number of amides is 2. The van der Waals surface area contributed by atoms with Gasteiger partial charge < -0.3 is 10.6 Å². The average Bonchev–Trinajstić information content (AvgIpc) is 2.89. The van der Waals surface area contributed by atoms with Crippen LogP contribution in [0.4, 0.5) is 5.69 Å². The van der Waals surface area contributed by atoms with E-state index in [2.05, 4.69) is 67.6 Å². The number of halogens is 1. The zero-order chi connectivity index (χ0) is 27.3. The smallest absolute Gasteiger partial charge is 0.264 e. The number of hydrogen-bond donors (Lipinski definition) is 2. The molecule has 2 N–H and O–H groups in total. The molecular formula is C30H38IN5O2. The first-order valence-corrected chi connectivity index (χ1v) is 14.4. The number of fused-ring (bicyclic) bond motifs is 1. The topological polar surface area (TPSA) is 87.2 Å². The Kier molecular flexibility index (Phi) is 9.23. The van der Waals surface area contributed by atoms with Crippen molar-refractivity contribution >= 4 is 51.3 Å². The zero-order valence-corrected chi connectivity index (χ0v) is 24.9. The molecule has 1 aromatic carbocycles. The van der Waals surface area contributed by atoms with Gasteiger partial charge in [0.25, 0.3) is 5.91 Å². The maximum absolute atomic E-state index is 12.6. The van der Waals surface area contributed by atoms with E-state index in [0.29, 0.717) is 31.0 Å². The SMILES string of the molecule is Cc1ccc2nc(C(C)(C)C)cc(NC3CCC(NC(=O)CCCN(I)C(=O)c4cccnc4)CC3)c2c1. The average molecular weight is 628 g/mol. The molecule has 7 nitrogen and oxygen atoms in total. The van der Waals surface area contributed by atoms with E-state index in [1.54, 1.807) is 27.6 Å². The molecule has 1 saturated carbocycles. The molecule has 8 heteroatoms. The van der Waals surface area contributed by atoms with E-state index in [0.717, 1.165) is 42.6 Å². The molecule has 0 unspecified atom stereocenters. The Balaban J connectivity index is 1.26. The van der Waals surface area contributed by atoms with E-state index in [4.69, 9.17) is 4.98 Å². The second-order valence-corrected chi connectivity index (χ2v) is 12.5. The summed E-state index contributed by atoms with van der Waals surface area (Å²) in [6.07, 6.45) is 8.17. The summed E-state index contributed by atoms with van der Waals surface area (Å²) >= 11 is 2.01. The van der Waals surface area contributed by atoms with E-state index in [-0.39, 0.29) is 23.3 Å². The van der Waals surface area contributed by atoms with Crippen molar-refractivity contribution in [1.29, 1.82) is 0 Å². The Morgan fingerprint density at radius 3 is 2.50 bits per heavy atom. The van der Waals surface area contributed by atoms with Crippen LogP contribution in [0, 0.1) is 6.92 Å². The minimum Gasteiger partial charge on any atom is -0.382 e. The van der Waals surface area contributed by atoms with Gasteiger partial charge in [0, 0.05) is 59.6 Å². The predicted molar refractivity (Wildman–Crippen MR) is 162 cm³/mol. The van der Waals surface area contributed by atoms with Gasteiger partial charge in [-0.25, -0.2) is 0 Å². The molecule has 38 heavy (non-hydrogen) atoms. The normalized spacial score (nSPS) is 17.7. The predicted octanol–water partition coefficient (Wildman–Crippen LogP) is 6.35. The molecule has 0 bridgehead atoms. The standard InChI is InChI=1S/C30H38IN5O2/c1-20-9-14-25-24(17-20)26(18-27(35-25)30(2,3)4)33-22-10-12-23(13-11-22)34-28(37)8-6-16-36(31)29(38)21-7-5-15-32-19-21/h5,7,9,14-15,17-19,22-23H,6,8,10-13,16H2,1-4H3,(H,33,35)(H,34,37).